The van der Waals surface area contributed by atoms with Gasteiger partial charge in [0, 0.05) is 46.5 Å². The zero-order chi connectivity index (χ0) is 14.4. The van der Waals surface area contributed by atoms with Crippen molar-refractivity contribution >= 4 is 5.96 Å². The van der Waals surface area contributed by atoms with Crippen LogP contribution in [0.5, 0.6) is 0 Å². The maximum atomic E-state index is 5.89. The summed E-state index contributed by atoms with van der Waals surface area (Å²) >= 11 is 0. The van der Waals surface area contributed by atoms with Gasteiger partial charge in [-0.3, -0.25) is 4.99 Å². The van der Waals surface area contributed by atoms with Crippen LogP contribution in [0, 0.1) is 5.92 Å². The third-order valence-corrected chi connectivity index (χ3v) is 4.22. The van der Waals surface area contributed by atoms with Crippen LogP contribution in [0.3, 0.4) is 0 Å². The zero-order valence-corrected chi connectivity index (χ0v) is 13.1. The molecule has 2 aliphatic rings. The molecule has 0 amide bonds. The molecular weight excluding hydrogens is 254 g/mol. The summed E-state index contributed by atoms with van der Waals surface area (Å²) in [6, 6.07) is 0.636. The largest absolute Gasteiger partial charge is 0.385 e. The maximum Gasteiger partial charge on any atom is 0.193 e. The summed E-state index contributed by atoms with van der Waals surface area (Å²) in [6.07, 6.45) is 4.85. The molecule has 1 aliphatic carbocycles. The first-order chi connectivity index (χ1) is 9.74. The lowest BCUT2D eigenvalue weighted by Crippen LogP contribution is -2.47. The average molecular weight is 283 g/mol. The summed E-state index contributed by atoms with van der Waals surface area (Å²) < 4.78 is 10.9. The summed E-state index contributed by atoms with van der Waals surface area (Å²) in [5, 5.41) is 3.55. The smallest absolute Gasteiger partial charge is 0.193 e. The second kappa shape index (κ2) is 7.84. The van der Waals surface area contributed by atoms with Gasteiger partial charge in [-0.1, -0.05) is 6.92 Å². The summed E-state index contributed by atoms with van der Waals surface area (Å²) in [4.78, 5) is 6.77. The van der Waals surface area contributed by atoms with Crippen LogP contribution in [0.1, 0.15) is 32.6 Å². The van der Waals surface area contributed by atoms with E-state index in [0.717, 1.165) is 57.4 Å². The number of hydrogen-bond acceptors (Lipinski definition) is 3. The van der Waals surface area contributed by atoms with E-state index in [4.69, 9.17) is 9.47 Å². The zero-order valence-electron chi connectivity index (χ0n) is 13.1. The second-order valence-corrected chi connectivity index (χ2v) is 5.91. The van der Waals surface area contributed by atoms with Gasteiger partial charge in [0.15, 0.2) is 5.96 Å². The Hall–Kier alpha value is -0.810. The Morgan fingerprint density at radius 2 is 2.00 bits per heavy atom. The van der Waals surface area contributed by atoms with E-state index in [1.807, 2.05) is 7.05 Å². The molecule has 2 rings (SSSR count). The number of aliphatic imine (C=N–C) groups is 1. The standard InChI is InChI=1S/C15H29N3O2/c1-12-11-14(12)17-15(16-2)18-7-5-13(6-8-18)20-10-4-9-19-3/h12-14H,4-11H2,1-3H3,(H,16,17). The quantitative estimate of drug-likeness (QED) is 0.456. The average Bonchev–Trinajstić information content (AvgIpc) is 3.17. The number of methoxy groups -OCH3 is 1. The molecule has 0 aromatic rings. The number of nitrogens with zero attached hydrogens (tertiary/aromatic N) is 2. The molecule has 1 saturated heterocycles. The van der Waals surface area contributed by atoms with Crippen LogP contribution in [0.2, 0.25) is 0 Å². The van der Waals surface area contributed by atoms with E-state index in [9.17, 15) is 0 Å². The maximum absolute atomic E-state index is 5.89. The molecule has 2 fully saturated rings. The van der Waals surface area contributed by atoms with Gasteiger partial charge in [-0.2, -0.15) is 0 Å². The molecule has 1 N–H and O–H groups in total. The fourth-order valence-electron chi connectivity index (χ4n) is 2.67. The Balaban J connectivity index is 1.65. The van der Waals surface area contributed by atoms with Gasteiger partial charge < -0.3 is 19.7 Å². The highest BCUT2D eigenvalue weighted by molar-refractivity contribution is 5.80. The SMILES string of the molecule is CN=C(NC1CC1C)N1CCC(OCCCOC)CC1. The van der Waals surface area contributed by atoms with Crippen LogP contribution >= 0.6 is 0 Å². The Morgan fingerprint density at radius 1 is 1.30 bits per heavy atom. The van der Waals surface area contributed by atoms with Crippen molar-refractivity contribution in [3.63, 3.8) is 0 Å². The van der Waals surface area contributed by atoms with Gasteiger partial charge in [-0.05, 0) is 31.6 Å². The Kier molecular flexibility index (Phi) is 6.10. The van der Waals surface area contributed by atoms with Crippen molar-refractivity contribution in [1.29, 1.82) is 0 Å². The van der Waals surface area contributed by atoms with Gasteiger partial charge in [0.25, 0.3) is 0 Å². The summed E-state index contributed by atoms with van der Waals surface area (Å²) in [6.45, 7) is 5.95. The number of nitrogens with one attached hydrogen (secondary N) is 1. The molecule has 5 heteroatoms. The fraction of sp³-hybridized carbons (Fsp3) is 0.933. The molecule has 1 saturated carbocycles. The number of rotatable bonds is 6. The highest BCUT2D eigenvalue weighted by atomic mass is 16.5. The Morgan fingerprint density at radius 3 is 2.55 bits per heavy atom. The molecule has 1 heterocycles. The number of piperidine rings is 1. The second-order valence-electron chi connectivity index (χ2n) is 5.91. The highest BCUT2D eigenvalue weighted by Crippen LogP contribution is 2.29. The monoisotopic (exact) mass is 283 g/mol. The molecule has 1 aliphatic heterocycles. The fourth-order valence-corrected chi connectivity index (χ4v) is 2.67. The number of hydrogen-bond donors (Lipinski definition) is 1. The molecule has 0 aromatic heterocycles. The topological polar surface area (TPSA) is 46.1 Å². The number of likely N-dealkylation sites (tertiary alicyclic amines) is 1. The van der Waals surface area contributed by atoms with E-state index in [0.29, 0.717) is 12.1 Å². The molecule has 0 radical (unpaired) electrons. The molecule has 0 bridgehead atoms. The molecule has 0 spiro atoms. The van der Waals surface area contributed by atoms with E-state index in [1.54, 1.807) is 7.11 Å². The minimum Gasteiger partial charge on any atom is -0.385 e. The first-order valence-electron chi connectivity index (χ1n) is 7.83. The summed E-state index contributed by atoms with van der Waals surface area (Å²) in [7, 11) is 3.61. The molecule has 116 valence electrons. The molecule has 2 atom stereocenters. The Labute approximate surface area is 122 Å². The lowest BCUT2D eigenvalue weighted by atomic mass is 10.1. The lowest BCUT2D eigenvalue weighted by molar-refractivity contribution is 0.00989. The van der Waals surface area contributed by atoms with Gasteiger partial charge in [-0.15, -0.1) is 0 Å². The molecular formula is C15H29N3O2. The van der Waals surface area contributed by atoms with E-state index < -0.39 is 0 Å². The van der Waals surface area contributed by atoms with Crippen LogP contribution in [-0.4, -0.2) is 63.5 Å². The van der Waals surface area contributed by atoms with Crippen molar-refractivity contribution in [2.24, 2.45) is 10.9 Å². The van der Waals surface area contributed by atoms with E-state index >= 15 is 0 Å². The minimum absolute atomic E-state index is 0.404. The highest BCUT2D eigenvalue weighted by Gasteiger charge is 2.34. The van der Waals surface area contributed by atoms with Gasteiger partial charge in [0.05, 0.1) is 6.10 Å². The van der Waals surface area contributed by atoms with Crippen LogP contribution < -0.4 is 5.32 Å². The van der Waals surface area contributed by atoms with Crippen molar-refractivity contribution in [3.05, 3.63) is 0 Å². The first-order valence-corrected chi connectivity index (χ1v) is 7.83. The third kappa shape index (κ3) is 4.63. The van der Waals surface area contributed by atoms with E-state index in [1.165, 1.54) is 6.42 Å². The third-order valence-electron chi connectivity index (χ3n) is 4.22. The van der Waals surface area contributed by atoms with Crippen molar-refractivity contribution < 1.29 is 9.47 Å². The normalized spacial score (nSPS) is 27.8. The number of ether oxygens (including phenoxy) is 2. The van der Waals surface area contributed by atoms with Crippen LogP contribution in [0.4, 0.5) is 0 Å². The molecule has 0 aromatic carbocycles. The van der Waals surface area contributed by atoms with Crippen LogP contribution in [0.15, 0.2) is 4.99 Å². The van der Waals surface area contributed by atoms with Crippen LogP contribution in [-0.2, 0) is 9.47 Å². The minimum atomic E-state index is 0.404. The number of guanidine groups is 1. The van der Waals surface area contributed by atoms with E-state index in [-0.39, 0.29) is 0 Å². The summed E-state index contributed by atoms with van der Waals surface area (Å²) in [5.41, 5.74) is 0. The first kappa shape index (κ1) is 15.6. The van der Waals surface area contributed by atoms with E-state index in [2.05, 4.69) is 22.1 Å². The molecule has 5 nitrogen and oxygen atoms in total. The molecule has 20 heavy (non-hydrogen) atoms. The predicted molar refractivity (Wildman–Crippen MR) is 81.1 cm³/mol. The van der Waals surface area contributed by atoms with Gasteiger partial charge in [0.2, 0.25) is 0 Å². The van der Waals surface area contributed by atoms with Gasteiger partial charge in [-0.25, -0.2) is 0 Å². The van der Waals surface area contributed by atoms with Gasteiger partial charge in [0.1, 0.15) is 0 Å². The van der Waals surface area contributed by atoms with Gasteiger partial charge >= 0.3 is 0 Å². The predicted octanol–water partition coefficient (Wildman–Crippen LogP) is 1.49. The van der Waals surface area contributed by atoms with Crippen molar-refractivity contribution in [1.82, 2.24) is 10.2 Å². The van der Waals surface area contributed by atoms with Crippen LogP contribution in [0.25, 0.3) is 0 Å². The van der Waals surface area contributed by atoms with Crippen molar-refractivity contribution in [2.75, 3.05) is 40.5 Å². The summed E-state index contributed by atoms with van der Waals surface area (Å²) in [5.74, 6) is 1.87. The Bertz CT molecular complexity index is 314. The molecule has 2 unspecified atom stereocenters. The van der Waals surface area contributed by atoms with Crippen molar-refractivity contribution in [2.45, 2.75) is 44.8 Å². The van der Waals surface area contributed by atoms with Crippen molar-refractivity contribution in [3.8, 4) is 0 Å². The lowest BCUT2D eigenvalue weighted by Gasteiger charge is -2.34.